The zero-order chi connectivity index (χ0) is 17.4. The molecule has 128 valence electrons. The molecule has 0 unspecified atom stereocenters. The van der Waals surface area contributed by atoms with Gasteiger partial charge in [-0.25, -0.2) is 8.78 Å². The fourth-order valence-electron chi connectivity index (χ4n) is 3.25. The van der Waals surface area contributed by atoms with Crippen molar-refractivity contribution in [2.24, 2.45) is 0 Å². The topological polar surface area (TPSA) is 44.9 Å². The number of carbonyl (C=O) groups excluding carboxylic acids is 1. The maximum Gasteiger partial charge on any atom is 0.221 e. The highest BCUT2D eigenvalue weighted by molar-refractivity contribution is 5.86. The van der Waals surface area contributed by atoms with Crippen LogP contribution in [0.1, 0.15) is 36.3 Å². The number of benzene rings is 2. The van der Waals surface area contributed by atoms with E-state index in [0.29, 0.717) is 5.56 Å². The van der Waals surface area contributed by atoms with Gasteiger partial charge in [-0.1, -0.05) is 24.3 Å². The van der Waals surface area contributed by atoms with Crippen molar-refractivity contribution in [2.75, 3.05) is 0 Å². The summed E-state index contributed by atoms with van der Waals surface area (Å²) in [5, 5.41) is 3.89. The zero-order valence-corrected chi connectivity index (χ0v) is 13.6. The summed E-state index contributed by atoms with van der Waals surface area (Å²) in [5.74, 6) is -1.84. The number of aromatic amines is 1. The van der Waals surface area contributed by atoms with Crippen molar-refractivity contribution >= 4 is 16.8 Å². The quantitative estimate of drug-likeness (QED) is 0.717. The molecule has 0 spiro atoms. The molecule has 1 heterocycles. The van der Waals surface area contributed by atoms with Crippen molar-refractivity contribution in [3.63, 3.8) is 0 Å². The molecule has 1 atom stereocenters. The summed E-state index contributed by atoms with van der Waals surface area (Å²) in [5.41, 5.74) is 2.09. The Kier molecular flexibility index (Phi) is 3.99. The summed E-state index contributed by atoms with van der Waals surface area (Å²) < 4.78 is 27.8. The van der Waals surface area contributed by atoms with Gasteiger partial charge in [0.1, 0.15) is 11.6 Å². The predicted octanol–water partition coefficient (Wildman–Crippen LogP) is 4.25. The summed E-state index contributed by atoms with van der Waals surface area (Å²) in [4.78, 5) is 15.5. The third-order valence-electron chi connectivity index (χ3n) is 4.67. The molecule has 2 aromatic carbocycles. The normalized spacial score (nSPS) is 15.3. The van der Waals surface area contributed by atoms with Gasteiger partial charge in [0.05, 0.1) is 0 Å². The van der Waals surface area contributed by atoms with Gasteiger partial charge in [0.25, 0.3) is 0 Å². The molecule has 25 heavy (non-hydrogen) atoms. The van der Waals surface area contributed by atoms with Crippen LogP contribution in [-0.2, 0) is 4.79 Å². The van der Waals surface area contributed by atoms with Crippen LogP contribution in [0.4, 0.5) is 8.78 Å². The van der Waals surface area contributed by atoms with Gasteiger partial charge in [-0.15, -0.1) is 0 Å². The SMILES string of the molecule is O=C(C[C@H](c1ccc(F)cc1F)c1c[nH]c2ccccc12)NC1CC1. The van der Waals surface area contributed by atoms with Crippen LogP contribution in [0, 0.1) is 11.6 Å². The number of nitrogens with one attached hydrogen (secondary N) is 2. The fraction of sp³-hybridized carbons (Fsp3) is 0.250. The highest BCUT2D eigenvalue weighted by atomic mass is 19.1. The molecule has 2 N–H and O–H groups in total. The van der Waals surface area contributed by atoms with E-state index in [0.717, 1.165) is 35.4 Å². The summed E-state index contributed by atoms with van der Waals surface area (Å²) in [6.07, 6.45) is 3.92. The van der Waals surface area contributed by atoms with Crippen molar-refractivity contribution in [3.05, 3.63) is 71.4 Å². The molecule has 1 fully saturated rings. The number of carbonyl (C=O) groups is 1. The monoisotopic (exact) mass is 340 g/mol. The largest absolute Gasteiger partial charge is 0.361 e. The van der Waals surface area contributed by atoms with E-state index in [1.807, 2.05) is 30.5 Å². The molecule has 1 saturated carbocycles. The zero-order valence-electron chi connectivity index (χ0n) is 13.6. The van der Waals surface area contributed by atoms with Crippen molar-refractivity contribution in [1.29, 1.82) is 0 Å². The molecule has 3 nitrogen and oxygen atoms in total. The molecular formula is C20H18F2N2O. The van der Waals surface area contributed by atoms with Crippen molar-refractivity contribution in [2.45, 2.75) is 31.2 Å². The Hall–Kier alpha value is -2.69. The molecule has 3 aromatic rings. The van der Waals surface area contributed by atoms with E-state index in [2.05, 4.69) is 10.3 Å². The molecule has 1 amide bonds. The van der Waals surface area contributed by atoms with E-state index in [4.69, 9.17) is 0 Å². The standard InChI is InChI=1S/C20H18F2N2O/c21-12-5-8-14(18(22)9-12)16(10-20(25)24-13-6-7-13)17-11-23-19-4-2-1-3-15(17)19/h1-5,8-9,11,13,16,23H,6-7,10H2,(H,24,25)/t16-/m1/s1. The van der Waals surface area contributed by atoms with Crippen LogP contribution in [0.25, 0.3) is 10.9 Å². The first-order chi connectivity index (χ1) is 12.1. The molecule has 1 aliphatic rings. The lowest BCUT2D eigenvalue weighted by atomic mass is 9.87. The maximum atomic E-state index is 14.4. The van der Waals surface area contributed by atoms with Gasteiger partial charge in [-0.2, -0.15) is 0 Å². The lowest BCUT2D eigenvalue weighted by molar-refractivity contribution is -0.121. The maximum absolute atomic E-state index is 14.4. The Morgan fingerprint density at radius 2 is 1.96 bits per heavy atom. The first-order valence-corrected chi connectivity index (χ1v) is 8.42. The molecule has 5 heteroatoms. The summed E-state index contributed by atoms with van der Waals surface area (Å²) in [6, 6.07) is 11.5. The van der Waals surface area contributed by atoms with E-state index in [-0.39, 0.29) is 18.4 Å². The fourth-order valence-corrected chi connectivity index (χ4v) is 3.25. The average Bonchev–Trinajstić information content (AvgIpc) is 3.29. The van der Waals surface area contributed by atoms with E-state index >= 15 is 0 Å². The lowest BCUT2D eigenvalue weighted by Gasteiger charge is -2.18. The molecule has 0 radical (unpaired) electrons. The number of fused-ring (bicyclic) bond motifs is 1. The second-order valence-corrected chi connectivity index (χ2v) is 6.55. The second-order valence-electron chi connectivity index (χ2n) is 6.55. The number of hydrogen-bond acceptors (Lipinski definition) is 1. The number of aromatic nitrogens is 1. The Bertz CT molecular complexity index is 930. The Morgan fingerprint density at radius 3 is 2.72 bits per heavy atom. The number of hydrogen-bond donors (Lipinski definition) is 2. The number of halogens is 2. The van der Waals surface area contributed by atoms with Gasteiger partial charge < -0.3 is 10.3 Å². The summed E-state index contributed by atoms with van der Waals surface area (Å²) in [7, 11) is 0. The van der Waals surface area contributed by atoms with Gasteiger partial charge in [0.2, 0.25) is 5.91 Å². The second kappa shape index (κ2) is 6.31. The van der Waals surface area contributed by atoms with Crippen LogP contribution in [0.2, 0.25) is 0 Å². The van der Waals surface area contributed by atoms with E-state index < -0.39 is 17.6 Å². The molecule has 4 rings (SSSR count). The molecule has 0 saturated heterocycles. The van der Waals surface area contributed by atoms with Crippen LogP contribution in [0.5, 0.6) is 0 Å². The third kappa shape index (κ3) is 3.27. The molecular weight excluding hydrogens is 322 g/mol. The minimum Gasteiger partial charge on any atom is -0.361 e. The molecule has 1 aliphatic carbocycles. The lowest BCUT2D eigenvalue weighted by Crippen LogP contribution is -2.27. The van der Waals surface area contributed by atoms with Gasteiger partial charge in [0, 0.05) is 41.5 Å². The number of para-hydroxylation sites is 1. The van der Waals surface area contributed by atoms with Crippen LogP contribution in [0.15, 0.2) is 48.7 Å². The average molecular weight is 340 g/mol. The number of H-pyrrole nitrogens is 1. The minimum atomic E-state index is -0.630. The van der Waals surface area contributed by atoms with E-state index in [1.165, 1.54) is 12.1 Å². The van der Waals surface area contributed by atoms with Crippen molar-refractivity contribution in [3.8, 4) is 0 Å². The first-order valence-electron chi connectivity index (χ1n) is 8.42. The highest BCUT2D eigenvalue weighted by Gasteiger charge is 2.28. The molecule has 1 aromatic heterocycles. The van der Waals surface area contributed by atoms with Crippen LogP contribution in [-0.4, -0.2) is 16.9 Å². The van der Waals surface area contributed by atoms with Crippen LogP contribution >= 0.6 is 0 Å². The van der Waals surface area contributed by atoms with Crippen molar-refractivity contribution in [1.82, 2.24) is 10.3 Å². The number of rotatable bonds is 5. The number of amides is 1. The first kappa shape index (κ1) is 15.8. The van der Waals surface area contributed by atoms with Crippen LogP contribution in [0.3, 0.4) is 0 Å². The highest BCUT2D eigenvalue weighted by Crippen LogP contribution is 2.35. The summed E-state index contributed by atoms with van der Waals surface area (Å²) in [6.45, 7) is 0. The van der Waals surface area contributed by atoms with Gasteiger partial charge >= 0.3 is 0 Å². The van der Waals surface area contributed by atoms with Gasteiger partial charge in [-0.05, 0) is 36.1 Å². The Labute approximate surface area is 144 Å². The van der Waals surface area contributed by atoms with Crippen molar-refractivity contribution < 1.29 is 13.6 Å². The van der Waals surface area contributed by atoms with E-state index in [9.17, 15) is 13.6 Å². The molecule has 0 aliphatic heterocycles. The minimum absolute atomic E-state index is 0.110. The van der Waals surface area contributed by atoms with Crippen LogP contribution < -0.4 is 5.32 Å². The Morgan fingerprint density at radius 1 is 1.16 bits per heavy atom. The predicted molar refractivity (Wildman–Crippen MR) is 92.3 cm³/mol. The Balaban J connectivity index is 1.75. The van der Waals surface area contributed by atoms with E-state index in [1.54, 1.807) is 0 Å². The third-order valence-corrected chi connectivity index (χ3v) is 4.67. The summed E-state index contributed by atoms with van der Waals surface area (Å²) >= 11 is 0. The van der Waals surface area contributed by atoms with Gasteiger partial charge in [-0.3, -0.25) is 4.79 Å². The van der Waals surface area contributed by atoms with Gasteiger partial charge in [0.15, 0.2) is 0 Å². The smallest absolute Gasteiger partial charge is 0.221 e. The molecule has 0 bridgehead atoms.